The highest BCUT2D eigenvalue weighted by molar-refractivity contribution is 9.10. The Labute approximate surface area is 160 Å². The number of ether oxygens (including phenoxy) is 1. The number of carbonyl (C=O) groups excluding carboxylic acids is 1. The van der Waals surface area contributed by atoms with Crippen molar-refractivity contribution >= 4 is 39.9 Å². The first-order valence-corrected chi connectivity index (χ1v) is 8.58. The molecule has 134 valence electrons. The summed E-state index contributed by atoms with van der Waals surface area (Å²) in [6, 6.07) is 10.2. The average molecular weight is 430 g/mol. The molecule has 0 heterocycles. The Kier molecular flexibility index (Phi) is 6.67. The second-order valence-corrected chi connectivity index (χ2v) is 6.75. The molecule has 0 saturated heterocycles. The van der Waals surface area contributed by atoms with Crippen LogP contribution in [0.3, 0.4) is 0 Å². The number of fused-ring (bicyclic) bond motifs is 1. The molecule has 1 amide bonds. The van der Waals surface area contributed by atoms with Crippen molar-refractivity contribution in [3.8, 4) is 5.75 Å². The summed E-state index contributed by atoms with van der Waals surface area (Å²) >= 11 is 3.18. The lowest BCUT2D eigenvalue weighted by Gasteiger charge is -2.26. The van der Waals surface area contributed by atoms with Gasteiger partial charge in [0.2, 0.25) is 0 Å². The summed E-state index contributed by atoms with van der Waals surface area (Å²) in [5, 5.41) is 2.96. The van der Waals surface area contributed by atoms with E-state index < -0.39 is 5.82 Å². The zero-order chi connectivity index (χ0) is 17.1. The van der Waals surface area contributed by atoms with E-state index in [9.17, 15) is 9.18 Å². The third-order valence-corrected chi connectivity index (χ3v) is 4.56. The largest absolute Gasteiger partial charge is 0.481 e. The van der Waals surface area contributed by atoms with E-state index in [1.807, 2.05) is 18.2 Å². The number of nitrogens with two attached hydrogens (primary N) is 1. The molecule has 0 aromatic heterocycles. The van der Waals surface area contributed by atoms with Gasteiger partial charge in [0.25, 0.3) is 5.91 Å². The molecular weight excluding hydrogens is 411 g/mol. The predicted octanol–water partition coefficient (Wildman–Crippen LogP) is 4.16. The molecule has 4 nitrogen and oxygen atoms in total. The van der Waals surface area contributed by atoms with Crippen LogP contribution in [0.1, 0.15) is 30.0 Å². The minimum Gasteiger partial charge on any atom is -0.481 e. The van der Waals surface area contributed by atoms with Gasteiger partial charge in [0.05, 0.1) is 6.04 Å². The van der Waals surface area contributed by atoms with Gasteiger partial charge >= 0.3 is 0 Å². The van der Waals surface area contributed by atoms with Crippen LogP contribution in [0.5, 0.6) is 5.75 Å². The van der Waals surface area contributed by atoms with Crippen LogP contribution in [0.4, 0.5) is 10.1 Å². The maximum atomic E-state index is 13.7. The van der Waals surface area contributed by atoms with Gasteiger partial charge in [-0.2, -0.15) is 0 Å². The summed E-state index contributed by atoms with van der Waals surface area (Å²) < 4.78 is 19.6. The summed E-state index contributed by atoms with van der Waals surface area (Å²) in [7, 11) is 0. The first kappa shape index (κ1) is 19.5. The number of hydrogen-bond acceptors (Lipinski definition) is 3. The van der Waals surface area contributed by atoms with Gasteiger partial charge in [-0.25, -0.2) is 4.39 Å². The summed E-state index contributed by atoms with van der Waals surface area (Å²) in [6.45, 7) is -0.223. The number of amides is 1. The Morgan fingerprint density at radius 2 is 2.12 bits per heavy atom. The van der Waals surface area contributed by atoms with Crippen LogP contribution in [0.25, 0.3) is 0 Å². The lowest BCUT2D eigenvalue weighted by Crippen LogP contribution is -2.34. The Bertz CT molecular complexity index is 773. The number of rotatable bonds is 4. The smallest absolute Gasteiger partial charge is 0.258 e. The standard InChI is InChI=1S/C18H18BrFN2O2.ClH/c19-12-4-7-17(15(20)9-12)24-10-18(23)22-16-3-1-2-11-8-13(21)5-6-14(11)16;/h4-9,16H,1-3,10,21H2,(H,22,23);1H. The highest BCUT2D eigenvalue weighted by Crippen LogP contribution is 2.31. The molecule has 0 bridgehead atoms. The van der Waals surface area contributed by atoms with Gasteiger partial charge in [0, 0.05) is 10.2 Å². The fraction of sp³-hybridized carbons (Fsp3) is 0.278. The van der Waals surface area contributed by atoms with Crippen molar-refractivity contribution in [2.75, 3.05) is 12.3 Å². The van der Waals surface area contributed by atoms with Crippen molar-refractivity contribution < 1.29 is 13.9 Å². The molecule has 1 unspecified atom stereocenters. The van der Waals surface area contributed by atoms with Gasteiger partial charge in [0.15, 0.2) is 18.2 Å². The number of aryl methyl sites for hydroxylation is 1. The maximum Gasteiger partial charge on any atom is 0.258 e. The van der Waals surface area contributed by atoms with E-state index in [4.69, 9.17) is 10.5 Å². The minimum atomic E-state index is -0.504. The van der Waals surface area contributed by atoms with E-state index in [1.54, 1.807) is 6.07 Å². The van der Waals surface area contributed by atoms with Gasteiger partial charge in [0.1, 0.15) is 0 Å². The van der Waals surface area contributed by atoms with Crippen molar-refractivity contribution in [3.63, 3.8) is 0 Å². The van der Waals surface area contributed by atoms with Gasteiger partial charge < -0.3 is 15.8 Å². The number of carbonyl (C=O) groups is 1. The zero-order valence-corrected chi connectivity index (χ0v) is 15.8. The van der Waals surface area contributed by atoms with Crippen molar-refractivity contribution in [1.82, 2.24) is 5.32 Å². The lowest BCUT2D eigenvalue weighted by atomic mass is 9.87. The molecule has 7 heteroatoms. The molecule has 25 heavy (non-hydrogen) atoms. The molecule has 3 N–H and O–H groups in total. The second-order valence-electron chi connectivity index (χ2n) is 5.83. The number of hydrogen-bond donors (Lipinski definition) is 2. The van der Waals surface area contributed by atoms with Crippen LogP contribution in [0, 0.1) is 5.82 Å². The molecule has 1 atom stereocenters. The van der Waals surface area contributed by atoms with E-state index >= 15 is 0 Å². The molecular formula is C18H19BrClFN2O2. The van der Waals surface area contributed by atoms with E-state index in [0.717, 1.165) is 30.5 Å². The molecule has 1 aliphatic rings. The number of nitrogens with one attached hydrogen (secondary N) is 1. The molecule has 0 saturated carbocycles. The topological polar surface area (TPSA) is 64.3 Å². The van der Waals surface area contributed by atoms with Gasteiger partial charge in [-0.15, -0.1) is 12.4 Å². The van der Waals surface area contributed by atoms with E-state index in [1.165, 1.54) is 17.7 Å². The van der Waals surface area contributed by atoms with Gasteiger partial charge in [-0.05, 0) is 60.7 Å². The number of nitrogen functional groups attached to an aromatic ring is 1. The van der Waals surface area contributed by atoms with Crippen LogP contribution in [0.15, 0.2) is 40.9 Å². The summed E-state index contributed by atoms with van der Waals surface area (Å²) in [5.41, 5.74) is 8.82. The van der Waals surface area contributed by atoms with Crippen molar-refractivity contribution in [2.24, 2.45) is 0 Å². The van der Waals surface area contributed by atoms with Gasteiger partial charge in [-0.1, -0.05) is 22.0 Å². The first-order valence-electron chi connectivity index (χ1n) is 7.78. The molecule has 1 aliphatic carbocycles. The maximum absolute atomic E-state index is 13.7. The summed E-state index contributed by atoms with van der Waals surface area (Å²) in [5.74, 6) is -0.715. The first-order chi connectivity index (χ1) is 11.5. The Morgan fingerprint density at radius 1 is 1.32 bits per heavy atom. The Balaban J connectivity index is 0.00000225. The van der Waals surface area contributed by atoms with Crippen LogP contribution >= 0.6 is 28.3 Å². The predicted molar refractivity (Wildman–Crippen MR) is 102 cm³/mol. The monoisotopic (exact) mass is 428 g/mol. The van der Waals surface area contributed by atoms with Crippen LogP contribution in [-0.2, 0) is 11.2 Å². The number of halogens is 3. The molecule has 0 aliphatic heterocycles. The fourth-order valence-electron chi connectivity index (χ4n) is 2.96. The van der Waals surface area contributed by atoms with E-state index in [2.05, 4.69) is 21.2 Å². The third-order valence-electron chi connectivity index (χ3n) is 4.07. The highest BCUT2D eigenvalue weighted by Gasteiger charge is 2.22. The molecule has 0 radical (unpaired) electrons. The molecule has 2 aromatic carbocycles. The Morgan fingerprint density at radius 3 is 2.88 bits per heavy atom. The fourth-order valence-corrected chi connectivity index (χ4v) is 3.29. The molecule has 0 fully saturated rings. The van der Waals surface area contributed by atoms with Crippen LogP contribution < -0.4 is 15.8 Å². The number of benzene rings is 2. The zero-order valence-electron chi connectivity index (χ0n) is 13.4. The molecule has 3 rings (SSSR count). The van der Waals surface area contributed by atoms with E-state index in [-0.39, 0.29) is 36.7 Å². The molecule has 2 aromatic rings. The second kappa shape index (κ2) is 8.54. The minimum absolute atomic E-state index is 0. The van der Waals surface area contributed by atoms with Crippen molar-refractivity contribution in [3.05, 3.63) is 57.8 Å². The normalized spacial score (nSPS) is 15.7. The van der Waals surface area contributed by atoms with Crippen molar-refractivity contribution in [2.45, 2.75) is 25.3 Å². The SMILES string of the molecule is Cl.Nc1ccc2c(c1)CCCC2NC(=O)COc1ccc(Br)cc1F. The van der Waals surface area contributed by atoms with Crippen LogP contribution in [0.2, 0.25) is 0 Å². The summed E-state index contributed by atoms with van der Waals surface area (Å²) in [6.07, 6.45) is 2.83. The lowest BCUT2D eigenvalue weighted by molar-refractivity contribution is -0.124. The Hall–Kier alpha value is -1.79. The quantitative estimate of drug-likeness (QED) is 0.717. The van der Waals surface area contributed by atoms with E-state index in [0.29, 0.717) is 4.47 Å². The molecule has 0 spiro atoms. The third kappa shape index (κ3) is 4.86. The number of anilines is 1. The van der Waals surface area contributed by atoms with Crippen LogP contribution in [-0.4, -0.2) is 12.5 Å². The summed E-state index contributed by atoms with van der Waals surface area (Å²) in [4.78, 5) is 12.1. The average Bonchev–Trinajstić information content (AvgIpc) is 2.54. The highest BCUT2D eigenvalue weighted by atomic mass is 79.9. The van der Waals surface area contributed by atoms with Gasteiger partial charge in [-0.3, -0.25) is 4.79 Å². The van der Waals surface area contributed by atoms with Crippen molar-refractivity contribution in [1.29, 1.82) is 0 Å².